The molecule has 4 bridgehead atoms. The Bertz CT molecular complexity index is 504. The Morgan fingerprint density at radius 2 is 1.95 bits per heavy atom. The second-order valence-electron chi connectivity index (χ2n) is 8.53. The lowest BCUT2D eigenvalue weighted by atomic mass is 9.78. The summed E-state index contributed by atoms with van der Waals surface area (Å²) < 4.78 is 6.61. The molecule has 0 spiro atoms. The van der Waals surface area contributed by atoms with Crippen molar-refractivity contribution in [1.29, 1.82) is 0 Å². The Hall–Kier alpha value is -0.600. The number of ether oxygens (including phenoxy) is 1. The van der Waals surface area contributed by atoms with Crippen molar-refractivity contribution in [3.05, 3.63) is 23.3 Å². The summed E-state index contributed by atoms with van der Waals surface area (Å²) in [6, 6.07) is 0. The van der Waals surface area contributed by atoms with Gasteiger partial charge in [-0.3, -0.25) is 0 Å². The molecule has 124 valence electrons. The molecule has 1 heterocycles. The molecular weight excluding hydrogens is 272 g/mol. The van der Waals surface area contributed by atoms with Gasteiger partial charge in [0.15, 0.2) is 0 Å². The Morgan fingerprint density at radius 3 is 2.64 bits per heavy atom. The lowest BCUT2D eigenvalue weighted by molar-refractivity contribution is -0.127. The third-order valence-corrected chi connectivity index (χ3v) is 6.41. The number of aliphatic hydroxyl groups is 1. The number of hydrogen-bond donors (Lipinski definition) is 1. The Labute approximate surface area is 135 Å². The van der Waals surface area contributed by atoms with E-state index in [1.165, 1.54) is 17.6 Å². The minimum atomic E-state index is -0.343. The first-order valence-electron chi connectivity index (χ1n) is 9.01. The predicted octanol–water partition coefficient (Wildman–Crippen LogP) is 4.63. The summed E-state index contributed by atoms with van der Waals surface area (Å²) in [4.78, 5) is 0. The smallest absolute Gasteiger partial charge is 0.0789 e. The third kappa shape index (κ3) is 2.59. The highest BCUT2D eigenvalue weighted by molar-refractivity contribution is 5.24. The van der Waals surface area contributed by atoms with Gasteiger partial charge in [-0.25, -0.2) is 0 Å². The first-order valence-corrected chi connectivity index (χ1v) is 9.01. The van der Waals surface area contributed by atoms with E-state index < -0.39 is 0 Å². The lowest BCUT2D eigenvalue weighted by Gasteiger charge is -2.37. The van der Waals surface area contributed by atoms with Gasteiger partial charge < -0.3 is 9.84 Å². The maximum atomic E-state index is 10.7. The molecule has 2 nitrogen and oxygen atoms in total. The molecule has 2 aliphatic carbocycles. The van der Waals surface area contributed by atoms with E-state index in [1.54, 1.807) is 0 Å². The molecule has 0 aromatic heterocycles. The molecule has 22 heavy (non-hydrogen) atoms. The second-order valence-corrected chi connectivity index (χ2v) is 8.53. The molecule has 1 saturated heterocycles. The van der Waals surface area contributed by atoms with Crippen molar-refractivity contribution in [2.24, 2.45) is 17.8 Å². The molecule has 1 N–H and O–H groups in total. The van der Waals surface area contributed by atoms with Crippen LogP contribution in [0, 0.1) is 17.8 Å². The molecule has 0 aromatic rings. The minimum Gasteiger partial charge on any atom is -0.388 e. The summed E-state index contributed by atoms with van der Waals surface area (Å²) in [6.45, 7) is 11.2. The van der Waals surface area contributed by atoms with Gasteiger partial charge in [-0.1, -0.05) is 31.6 Å². The van der Waals surface area contributed by atoms with Gasteiger partial charge in [-0.2, -0.15) is 0 Å². The van der Waals surface area contributed by atoms with Gasteiger partial charge in [-0.15, -0.1) is 0 Å². The summed E-state index contributed by atoms with van der Waals surface area (Å²) in [5.74, 6) is 1.45. The predicted molar refractivity (Wildman–Crippen MR) is 90.6 cm³/mol. The third-order valence-electron chi connectivity index (χ3n) is 6.41. The molecule has 1 saturated carbocycles. The summed E-state index contributed by atoms with van der Waals surface area (Å²) in [6.07, 6.45) is 9.72. The normalized spacial score (nSPS) is 50.2. The van der Waals surface area contributed by atoms with Crippen LogP contribution in [-0.4, -0.2) is 22.4 Å². The van der Waals surface area contributed by atoms with Gasteiger partial charge in [0.1, 0.15) is 0 Å². The highest BCUT2D eigenvalue weighted by atomic mass is 16.5. The van der Waals surface area contributed by atoms with Crippen molar-refractivity contribution in [3.8, 4) is 0 Å². The molecule has 3 rings (SSSR count). The topological polar surface area (TPSA) is 29.5 Å². The largest absolute Gasteiger partial charge is 0.388 e. The number of aliphatic hydroxyl groups excluding tert-OH is 1. The molecule has 1 aliphatic heterocycles. The van der Waals surface area contributed by atoms with E-state index in [9.17, 15) is 5.11 Å². The van der Waals surface area contributed by atoms with E-state index in [4.69, 9.17) is 4.74 Å². The van der Waals surface area contributed by atoms with Crippen molar-refractivity contribution in [2.75, 3.05) is 0 Å². The van der Waals surface area contributed by atoms with Crippen molar-refractivity contribution in [2.45, 2.75) is 84.0 Å². The van der Waals surface area contributed by atoms with Crippen LogP contribution in [0.3, 0.4) is 0 Å². The molecule has 2 fully saturated rings. The Kier molecular flexibility index (Phi) is 4.06. The van der Waals surface area contributed by atoms with Crippen LogP contribution in [0.4, 0.5) is 0 Å². The lowest BCUT2D eigenvalue weighted by Crippen LogP contribution is -2.38. The monoisotopic (exact) mass is 304 g/mol. The van der Waals surface area contributed by atoms with E-state index in [2.05, 4.69) is 46.8 Å². The zero-order chi connectivity index (χ0) is 16.1. The van der Waals surface area contributed by atoms with E-state index in [0.29, 0.717) is 17.8 Å². The molecule has 3 aliphatic rings. The molecule has 2 heteroatoms. The van der Waals surface area contributed by atoms with Crippen molar-refractivity contribution in [1.82, 2.24) is 0 Å². The van der Waals surface area contributed by atoms with Crippen LogP contribution >= 0.6 is 0 Å². The molecule has 5 atom stereocenters. The number of allylic oxidation sites excluding steroid dienone is 1. The molecule has 0 unspecified atom stereocenters. The van der Waals surface area contributed by atoms with Gasteiger partial charge in [0.25, 0.3) is 0 Å². The van der Waals surface area contributed by atoms with Crippen molar-refractivity contribution in [3.63, 3.8) is 0 Å². The van der Waals surface area contributed by atoms with Crippen LogP contribution in [0.2, 0.25) is 0 Å². The summed E-state index contributed by atoms with van der Waals surface area (Å²) in [5.41, 5.74) is 2.49. The molecule has 0 aromatic carbocycles. The maximum Gasteiger partial charge on any atom is 0.0789 e. The standard InChI is InChI=1S/C20H32O2/c1-13(2)15-12-17-16-8-10-20(17,5)22-19(16,4)9-6-7-14(3)11-18(15)21/h7,12-13,16-18,21H,6,8-11H2,1-5H3/b14-7+,15-12-/t16-,17+,18+,19-,20+/m1/s1. The van der Waals surface area contributed by atoms with Crippen LogP contribution in [0.15, 0.2) is 23.3 Å². The zero-order valence-electron chi connectivity index (χ0n) is 14.9. The van der Waals surface area contributed by atoms with Gasteiger partial charge in [-0.05, 0) is 70.3 Å². The number of hydrogen-bond acceptors (Lipinski definition) is 2. The summed E-state index contributed by atoms with van der Waals surface area (Å²) in [7, 11) is 0. The van der Waals surface area contributed by atoms with Crippen LogP contribution in [0.5, 0.6) is 0 Å². The Balaban J connectivity index is 2.04. The van der Waals surface area contributed by atoms with Gasteiger partial charge in [0.05, 0.1) is 17.3 Å². The quantitative estimate of drug-likeness (QED) is 0.715. The highest BCUT2D eigenvalue weighted by Crippen LogP contribution is 2.59. The van der Waals surface area contributed by atoms with Crippen molar-refractivity contribution >= 4 is 0 Å². The highest BCUT2D eigenvalue weighted by Gasteiger charge is 2.61. The number of rotatable bonds is 1. The summed E-state index contributed by atoms with van der Waals surface area (Å²) >= 11 is 0. The van der Waals surface area contributed by atoms with Gasteiger partial charge in [0, 0.05) is 5.92 Å². The Morgan fingerprint density at radius 1 is 1.23 bits per heavy atom. The summed E-state index contributed by atoms with van der Waals surface area (Å²) in [5, 5.41) is 10.7. The van der Waals surface area contributed by atoms with Crippen LogP contribution in [0.25, 0.3) is 0 Å². The maximum absolute atomic E-state index is 10.7. The van der Waals surface area contributed by atoms with E-state index >= 15 is 0 Å². The van der Waals surface area contributed by atoms with Crippen LogP contribution in [-0.2, 0) is 4.74 Å². The minimum absolute atomic E-state index is 0.00231. The molecule has 0 radical (unpaired) electrons. The average molecular weight is 304 g/mol. The first-order chi connectivity index (χ1) is 10.3. The average Bonchev–Trinajstić information content (AvgIpc) is 2.80. The fraction of sp³-hybridized carbons (Fsp3) is 0.800. The van der Waals surface area contributed by atoms with Crippen molar-refractivity contribution < 1.29 is 9.84 Å². The molecule has 0 amide bonds. The SMILES string of the molecule is C/C1=C\CC[C@@]2(C)O[C@@]3(C)CC[C@@H]2[C@@H]3/C=C(/C(C)C)[C@@H](O)C1. The van der Waals surface area contributed by atoms with E-state index in [-0.39, 0.29) is 17.3 Å². The van der Waals surface area contributed by atoms with Gasteiger partial charge >= 0.3 is 0 Å². The van der Waals surface area contributed by atoms with Crippen LogP contribution < -0.4 is 0 Å². The zero-order valence-corrected chi connectivity index (χ0v) is 14.9. The van der Waals surface area contributed by atoms with Crippen LogP contribution in [0.1, 0.15) is 66.7 Å². The first kappa shape index (κ1) is 16.3. The fourth-order valence-electron chi connectivity index (χ4n) is 5.16. The second kappa shape index (κ2) is 5.49. The fourth-order valence-corrected chi connectivity index (χ4v) is 5.16. The molecular formula is C20H32O2. The van der Waals surface area contributed by atoms with Gasteiger partial charge in [0.2, 0.25) is 0 Å². The van der Waals surface area contributed by atoms with E-state index in [0.717, 1.165) is 25.7 Å². The van der Waals surface area contributed by atoms with E-state index in [1.807, 2.05) is 0 Å².